The number of hydrogen-bond donors (Lipinski definition) is 2. The van der Waals surface area contributed by atoms with Crippen molar-refractivity contribution in [1.82, 2.24) is 19.9 Å². The summed E-state index contributed by atoms with van der Waals surface area (Å²) in [6.45, 7) is 0.468. The first-order valence-corrected chi connectivity index (χ1v) is 7.12. The van der Waals surface area contributed by atoms with Gasteiger partial charge in [0.25, 0.3) is 0 Å². The Morgan fingerprint density at radius 2 is 2.31 bits per heavy atom. The number of aromatic amines is 1. The van der Waals surface area contributed by atoms with Crippen molar-refractivity contribution in [1.29, 1.82) is 0 Å². The van der Waals surface area contributed by atoms with E-state index in [1.807, 2.05) is 0 Å². The van der Waals surface area contributed by atoms with E-state index < -0.39 is 10.0 Å². The molecule has 0 aliphatic heterocycles. The van der Waals surface area contributed by atoms with Crippen LogP contribution in [-0.2, 0) is 16.4 Å². The van der Waals surface area contributed by atoms with Gasteiger partial charge in [-0.2, -0.15) is 5.10 Å². The molecule has 6 nitrogen and oxygen atoms in total. The zero-order valence-corrected chi connectivity index (χ0v) is 9.83. The van der Waals surface area contributed by atoms with Crippen LogP contribution in [0.1, 0.15) is 25.1 Å². The minimum atomic E-state index is -3.06. The Morgan fingerprint density at radius 3 is 2.94 bits per heavy atom. The summed E-state index contributed by atoms with van der Waals surface area (Å²) in [5.41, 5.74) is 0. The molecule has 1 saturated carbocycles. The molecule has 7 heteroatoms. The zero-order chi connectivity index (χ0) is 11.4. The van der Waals surface area contributed by atoms with Gasteiger partial charge in [-0.15, -0.1) is 0 Å². The third kappa shape index (κ3) is 3.90. The van der Waals surface area contributed by atoms with Crippen molar-refractivity contribution in [3.63, 3.8) is 0 Å². The highest BCUT2D eigenvalue weighted by atomic mass is 32.2. The first-order valence-electron chi connectivity index (χ1n) is 5.47. The number of rotatable bonds is 7. The highest BCUT2D eigenvalue weighted by Crippen LogP contribution is 2.29. The molecule has 0 aromatic carbocycles. The molecular formula is C9H16N4O2S. The maximum atomic E-state index is 11.5. The van der Waals surface area contributed by atoms with E-state index >= 15 is 0 Å². The smallest absolute Gasteiger partial charge is 0.211 e. The molecule has 1 aromatic heterocycles. The molecule has 0 radical (unpaired) electrons. The summed E-state index contributed by atoms with van der Waals surface area (Å²) < 4.78 is 25.6. The molecule has 0 amide bonds. The number of hydrogen-bond acceptors (Lipinski definition) is 4. The van der Waals surface area contributed by atoms with Crippen molar-refractivity contribution in [3.8, 4) is 0 Å². The van der Waals surface area contributed by atoms with Crippen molar-refractivity contribution >= 4 is 10.0 Å². The van der Waals surface area contributed by atoms with Crippen LogP contribution in [0.15, 0.2) is 6.33 Å². The summed E-state index contributed by atoms with van der Waals surface area (Å²) in [6, 6.07) is 0. The van der Waals surface area contributed by atoms with Crippen LogP contribution in [0, 0.1) is 5.92 Å². The highest BCUT2D eigenvalue weighted by molar-refractivity contribution is 7.89. The van der Waals surface area contributed by atoms with Crippen LogP contribution in [0.25, 0.3) is 0 Å². The largest absolute Gasteiger partial charge is 0.263 e. The van der Waals surface area contributed by atoms with Crippen LogP contribution >= 0.6 is 0 Å². The van der Waals surface area contributed by atoms with Gasteiger partial charge in [-0.25, -0.2) is 18.1 Å². The van der Waals surface area contributed by atoms with Gasteiger partial charge >= 0.3 is 0 Å². The highest BCUT2D eigenvalue weighted by Gasteiger charge is 2.27. The molecule has 90 valence electrons. The minimum Gasteiger partial charge on any atom is -0.263 e. The van der Waals surface area contributed by atoms with Gasteiger partial charge in [-0.1, -0.05) is 0 Å². The van der Waals surface area contributed by atoms with Crippen molar-refractivity contribution in [3.05, 3.63) is 12.2 Å². The second-order valence-electron chi connectivity index (χ2n) is 4.15. The van der Waals surface area contributed by atoms with Crippen molar-refractivity contribution in [2.24, 2.45) is 5.92 Å². The van der Waals surface area contributed by atoms with Crippen LogP contribution in [0.5, 0.6) is 0 Å². The van der Waals surface area contributed by atoms with E-state index in [-0.39, 0.29) is 5.75 Å². The quantitative estimate of drug-likeness (QED) is 0.664. The van der Waals surface area contributed by atoms with E-state index in [1.54, 1.807) is 0 Å². The molecule has 1 heterocycles. The van der Waals surface area contributed by atoms with Crippen molar-refractivity contribution in [2.45, 2.75) is 25.7 Å². The number of aryl methyl sites for hydroxylation is 1. The van der Waals surface area contributed by atoms with Crippen LogP contribution in [0.4, 0.5) is 0 Å². The van der Waals surface area contributed by atoms with Crippen LogP contribution in [-0.4, -0.2) is 35.9 Å². The van der Waals surface area contributed by atoms with Crippen LogP contribution in [0.2, 0.25) is 0 Å². The SMILES string of the molecule is O=S(=O)(CC1CC1)NCCCc1ncn[nH]1. The summed E-state index contributed by atoms with van der Waals surface area (Å²) in [5, 5.41) is 6.46. The molecule has 0 atom stereocenters. The number of nitrogens with zero attached hydrogens (tertiary/aromatic N) is 2. The van der Waals surface area contributed by atoms with Crippen molar-refractivity contribution in [2.75, 3.05) is 12.3 Å². The predicted octanol–water partition coefficient (Wildman–Crippen LogP) is 0.0667. The minimum absolute atomic E-state index is 0.287. The van der Waals surface area contributed by atoms with Gasteiger partial charge in [0, 0.05) is 13.0 Å². The molecule has 1 aliphatic carbocycles. The van der Waals surface area contributed by atoms with Crippen LogP contribution < -0.4 is 4.72 Å². The van der Waals surface area contributed by atoms with Crippen LogP contribution in [0.3, 0.4) is 0 Å². The molecule has 0 spiro atoms. The zero-order valence-electron chi connectivity index (χ0n) is 9.02. The van der Waals surface area contributed by atoms with Gasteiger partial charge in [0.1, 0.15) is 12.2 Å². The number of H-pyrrole nitrogens is 1. The fourth-order valence-electron chi connectivity index (χ4n) is 1.49. The third-order valence-corrected chi connectivity index (χ3v) is 4.08. The maximum absolute atomic E-state index is 11.5. The predicted molar refractivity (Wildman–Crippen MR) is 59.2 cm³/mol. The van der Waals surface area contributed by atoms with E-state index in [1.165, 1.54) is 6.33 Å². The van der Waals surface area contributed by atoms with Gasteiger partial charge in [0.2, 0.25) is 10.0 Å². The number of aromatic nitrogens is 3. The summed E-state index contributed by atoms with van der Waals surface area (Å²) in [4.78, 5) is 3.96. The summed E-state index contributed by atoms with van der Waals surface area (Å²) in [6.07, 6.45) is 5.01. The lowest BCUT2D eigenvalue weighted by molar-refractivity contribution is 0.574. The Morgan fingerprint density at radius 1 is 1.50 bits per heavy atom. The molecule has 2 N–H and O–H groups in total. The Balaban J connectivity index is 1.63. The van der Waals surface area contributed by atoms with E-state index in [9.17, 15) is 8.42 Å². The molecule has 0 saturated heterocycles. The second-order valence-corrected chi connectivity index (χ2v) is 6.01. The maximum Gasteiger partial charge on any atom is 0.211 e. The molecule has 1 aliphatic rings. The van der Waals surface area contributed by atoms with Gasteiger partial charge < -0.3 is 0 Å². The molecule has 16 heavy (non-hydrogen) atoms. The van der Waals surface area contributed by atoms with Gasteiger partial charge in [0.05, 0.1) is 5.75 Å². The molecular weight excluding hydrogens is 228 g/mol. The monoisotopic (exact) mass is 244 g/mol. The third-order valence-electron chi connectivity index (χ3n) is 2.53. The van der Waals surface area contributed by atoms with Crippen molar-refractivity contribution < 1.29 is 8.42 Å². The fourth-order valence-corrected chi connectivity index (χ4v) is 3.02. The first kappa shape index (κ1) is 11.5. The lowest BCUT2D eigenvalue weighted by atomic mass is 10.3. The van der Waals surface area contributed by atoms with E-state index in [4.69, 9.17) is 0 Å². The average molecular weight is 244 g/mol. The van der Waals surface area contributed by atoms with Gasteiger partial charge in [-0.05, 0) is 25.2 Å². The van der Waals surface area contributed by atoms with Gasteiger partial charge in [-0.3, -0.25) is 5.10 Å². The second kappa shape index (κ2) is 4.92. The molecule has 0 unspecified atom stereocenters. The molecule has 1 fully saturated rings. The molecule has 0 bridgehead atoms. The number of nitrogens with one attached hydrogen (secondary N) is 2. The Hall–Kier alpha value is -0.950. The topological polar surface area (TPSA) is 87.7 Å². The lowest BCUT2D eigenvalue weighted by Crippen LogP contribution is -2.28. The summed E-state index contributed by atoms with van der Waals surface area (Å²) in [7, 11) is -3.06. The average Bonchev–Trinajstić information content (AvgIpc) is 2.86. The Bertz CT molecular complexity index is 411. The van der Waals surface area contributed by atoms with E-state index in [2.05, 4.69) is 19.9 Å². The first-order chi connectivity index (χ1) is 7.66. The van der Waals surface area contributed by atoms with E-state index in [0.717, 1.165) is 25.1 Å². The van der Waals surface area contributed by atoms with E-state index in [0.29, 0.717) is 18.9 Å². The normalized spacial score (nSPS) is 16.5. The lowest BCUT2D eigenvalue weighted by Gasteiger charge is -2.04. The fraction of sp³-hybridized carbons (Fsp3) is 0.778. The standard InChI is InChI=1S/C9H16N4O2S/c14-16(15,6-8-3-4-8)12-5-1-2-9-10-7-11-13-9/h7-8,12H,1-6H2,(H,10,11,13). The molecule has 1 aromatic rings. The Kier molecular flexibility index (Phi) is 3.55. The Labute approximate surface area is 94.9 Å². The number of sulfonamides is 1. The van der Waals surface area contributed by atoms with Gasteiger partial charge in [0.15, 0.2) is 0 Å². The summed E-state index contributed by atoms with van der Waals surface area (Å²) in [5.74, 6) is 1.48. The summed E-state index contributed by atoms with van der Waals surface area (Å²) >= 11 is 0. The molecule has 2 rings (SSSR count).